The lowest BCUT2D eigenvalue weighted by Crippen LogP contribution is -1.91. The Labute approximate surface area is 115 Å². The Balaban J connectivity index is 2.04. The molecule has 1 aromatic carbocycles. The Morgan fingerprint density at radius 2 is 1.85 bits per heavy atom. The van der Waals surface area contributed by atoms with E-state index in [-0.39, 0.29) is 0 Å². The van der Waals surface area contributed by atoms with Crippen molar-refractivity contribution >= 4 is 11.4 Å². The van der Waals surface area contributed by atoms with Gasteiger partial charge in [0.25, 0.3) is 5.89 Å². The monoisotopic (exact) mass is 267 g/mol. The summed E-state index contributed by atoms with van der Waals surface area (Å²) in [6, 6.07) is 7.05. The fraction of sp³-hybridized carbons (Fsp3) is 0.0714. The van der Waals surface area contributed by atoms with Crippen molar-refractivity contribution in [3.63, 3.8) is 0 Å². The van der Waals surface area contributed by atoms with Gasteiger partial charge in [-0.05, 0) is 36.8 Å². The van der Waals surface area contributed by atoms with E-state index in [1.165, 1.54) is 0 Å². The average molecular weight is 267 g/mol. The van der Waals surface area contributed by atoms with Gasteiger partial charge in [-0.25, -0.2) is 0 Å². The number of nitrogens with zero attached hydrogens (tertiary/aromatic N) is 3. The quantitative estimate of drug-likeness (QED) is 0.690. The van der Waals surface area contributed by atoms with E-state index < -0.39 is 0 Å². The predicted molar refractivity (Wildman–Crippen MR) is 76.5 cm³/mol. The average Bonchev–Trinajstić information content (AvgIpc) is 2.87. The second-order valence-corrected chi connectivity index (χ2v) is 4.50. The van der Waals surface area contributed by atoms with E-state index in [2.05, 4.69) is 15.1 Å². The number of nitrogens with two attached hydrogens (primary N) is 2. The number of pyridine rings is 1. The van der Waals surface area contributed by atoms with Crippen molar-refractivity contribution in [1.29, 1.82) is 0 Å². The summed E-state index contributed by atoms with van der Waals surface area (Å²) >= 11 is 0. The SMILES string of the molecule is Cc1ccncc1-c1noc(-c2cc(N)cc(N)c2)n1. The van der Waals surface area contributed by atoms with Crippen molar-refractivity contribution in [1.82, 2.24) is 15.1 Å². The van der Waals surface area contributed by atoms with Crippen LogP contribution >= 0.6 is 0 Å². The van der Waals surface area contributed by atoms with Crippen molar-refractivity contribution in [2.24, 2.45) is 0 Å². The van der Waals surface area contributed by atoms with Crippen LogP contribution in [0, 0.1) is 6.92 Å². The maximum Gasteiger partial charge on any atom is 0.258 e. The topological polar surface area (TPSA) is 104 Å². The van der Waals surface area contributed by atoms with Crippen molar-refractivity contribution in [2.75, 3.05) is 11.5 Å². The molecule has 0 saturated heterocycles. The van der Waals surface area contributed by atoms with Gasteiger partial charge in [0.1, 0.15) is 0 Å². The molecule has 20 heavy (non-hydrogen) atoms. The Hall–Kier alpha value is -2.89. The highest BCUT2D eigenvalue weighted by Gasteiger charge is 2.13. The number of nitrogen functional groups attached to an aromatic ring is 2. The first kappa shape index (κ1) is 12.2. The molecular weight excluding hydrogens is 254 g/mol. The highest BCUT2D eigenvalue weighted by atomic mass is 16.5. The summed E-state index contributed by atoms with van der Waals surface area (Å²) in [6.45, 7) is 1.96. The smallest absolute Gasteiger partial charge is 0.258 e. The van der Waals surface area contributed by atoms with E-state index in [1.54, 1.807) is 30.6 Å². The van der Waals surface area contributed by atoms with E-state index in [4.69, 9.17) is 16.0 Å². The standard InChI is InChI=1S/C14H13N5O/c1-8-2-3-17-7-12(8)13-18-14(20-19-13)9-4-10(15)6-11(16)5-9/h2-7H,15-16H2,1H3. The maximum atomic E-state index is 5.76. The number of anilines is 2. The summed E-state index contributed by atoms with van der Waals surface area (Å²) in [4.78, 5) is 8.44. The van der Waals surface area contributed by atoms with Crippen LogP contribution in [0.2, 0.25) is 0 Å². The zero-order valence-electron chi connectivity index (χ0n) is 10.9. The molecule has 0 spiro atoms. The van der Waals surface area contributed by atoms with Crippen LogP contribution in [-0.2, 0) is 0 Å². The van der Waals surface area contributed by atoms with Gasteiger partial charge < -0.3 is 16.0 Å². The molecule has 0 bridgehead atoms. The lowest BCUT2D eigenvalue weighted by atomic mass is 10.1. The van der Waals surface area contributed by atoms with Crippen LogP contribution in [0.15, 0.2) is 41.2 Å². The van der Waals surface area contributed by atoms with Crippen LogP contribution in [0.1, 0.15) is 5.56 Å². The maximum absolute atomic E-state index is 5.76. The molecule has 0 fully saturated rings. The molecule has 0 aliphatic heterocycles. The number of hydrogen-bond acceptors (Lipinski definition) is 6. The van der Waals surface area contributed by atoms with Gasteiger partial charge >= 0.3 is 0 Å². The van der Waals surface area contributed by atoms with Gasteiger partial charge in [-0.2, -0.15) is 4.98 Å². The minimum absolute atomic E-state index is 0.377. The highest BCUT2D eigenvalue weighted by molar-refractivity contribution is 5.68. The minimum atomic E-state index is 0.377. The van der Waals surface area contributed by atoms with Crippen molar-refractivity contribution in [3.05, 3.63) is 42.2 Å². The van der Waals surface area contributed by atoms with Crippen LogP contribution in [0.3, 0.4) is 0 Å². The van der Waals surface area contributed by atoms with Crippen LogP contribution in [0.4, 0.5) is 11.4 Å². The molecule has 6 nitrogen and oxygen atoms in total. The van der Waals surface area contributed by atoms with Crippen molar-refractivity contribution in [3.8, 4) is 22.8 Å². The second kappa shape index (κ2) is 4.65. The van der Waals surface area contributed by atoms with E-state index in [9.17, 15) is 0 Å². The number of aromatic nitrogens is 3. The summed E-state index contributed by atoms with van der Waals surface area (Å²) in [6.07, 6.45) is 3.43. The van der Waals surface area contributed by atoms with E-state index in [0.717, 1.165) is 11.1 Å². The van der Waals surface area contributed by atoms with E-state index in [0.29, 0.717) is 28.7 Å². The minimum Gasteiger partial charge on any atom is -0.399 e. The fourth-order valence-electron chi connectivity index (χ4n) is 1.95. The molecule has 0 atom stereocenters. The van der Waals surface area contributed by atoms with Crippen molar-refractivity contribution in [2.45, 2.75) is 6.92 Å². The van der Waals surface area contributed by atoms with Gasteiger partial charge in [0.05, 0.1) is 0 Å². The Morgan fingerprint density at radius 3 is 2.55 bits per heavy atom. The Morgan fingerprint density at radius 1 is 1.10 bits per heavy atom. The predicted octanol–water partition coefficient (Wildman–Crippen LogP) is 2.27. The van der Waals surface area contributed by atoms with Gasteiger partial charge in [-0.3, -0.25) is 4.98 Å². The molecule has 0 aliphatic rings. The first-order chi connectivity index (χ1) is 9.63. The van der Waals surface area contributed by atoms with Crippen LogP contribution in [-0.4, -0.2) is 15.1 Å². The molecule has 2 aromatic heterocycles. The summed E-state index contributed by atoms with van der Waals surface area (Å²) in [5, 5.41) is 3.98. The molecule has 100 valence electrons. The molecule has 0 saturated carbocycles. The van der Waals surface area contributed by atoms with E-state index in [1.807, 2.05) is 13.0 Å². The fourth-order valence-corrected chi connectivity index (χ4v) is 1.95. The number of hydrogen-bond donors (Lipinski definition) is 2. The van der Waals surface area contributed by atoms with Crippen molar-refractivity contribution < 1.29 is 4.52 Å². The highest BCUT2D eigenvalue weighted by Crippen LogP contribution is 2.26. The van der Waals surface area contributed by atoms with Gasteiger partial charge in [0.15, 0.2) is 0 Å². The zero-order chi connectivity index (χ0) is 14.1. The Bertz CT molecular complexity index is 746. The summed E-state index contributed by atoms with van der Waals surface area (Å²) in [7, 11) is 0. The van der Waals surface area contributed by atoms with Gasteiger partial charge in [0, 0.05) is 34.9 Å². The molecule has 4 N–H and O–H groups in total. The van der Waals surface area contributed by atoms with Crippen LogP contribution in [0.25, 0.3) is 22.8 Å². The normalized spacial score (nSPS) is 10.7. The third-order valence-electron chi connectivity index (χ3n) is 2.93. The first-order valence-electron chi connectivity index (χ1n) is 6.04. The largest absolute Gasteiger partial charge is 0.399 e. The lowest BCUT2D eigenvalue weighted by molar-refractivity contribution is 0.432. The molecule has 2 heterocycles. The van der Waals surface area contributed by atoms with Gasteiger partial charge in [0.2, 0.25) is 5.82 Å². The first-order valence-corrected chi connectivity index (χ1v) is 6.04. The summed E-state index contributed by atoms with van der Waals surface area (Å²) in [5.41, 5.74) is 15.2. The Kier molecular flexibility index (Phi) is 2.83. The van der Waals surface area contributed by atoms with Gasteiger partial charge in [-0.15, -0.1) is 0 Å². The van der Waals surface area contributed by atoms with Crippen LogP contribution < -0.4 is 11.5 Å². The number of benzene rings is 1. The van der Waals surface area contributed by atoms with E-state index >= 15 is 0 Å². The molecule has 3 rings (SSSR count). The molecule has 0 radical (unpaired) electrons. The number of aryl methyl sites for hydroxylation is 1. The molecule has 3 aromatic rings. The third-order valence-corrected chi connectivity index (χ3v) is 2.93. The summed E-state index contributed by atoms with van der Waals surface area (Å²) < 4.78 is 5.27. The van der Waals surface area contributed by atoms with Crippen LogP contribution in [0.5, 0.6) is 0 Å². The molecular formula is C14H13N5O. The number of rotatable bonds is 2. The zero-order valence-corrected chi connectivity index (χ0v) is 10.9. The molecule has 0 amide bonds. The molecule has 0 aliphatic carbocycles. The molecule has 6 heteroatoms. The lowest BCUT2D eigenvalue weighted by Gasteiger charge is -2.00. The second-order valence-electron chi connectivity index (χ2n) is 4.50. The molecule has 0 unspecified atom stereocenters. The third kappa shape index (κ3) is 2.18. The summed E-state index contributed by atoms with van der Waals surface area (Å²) in [5.74, 6) is 0.869. The van der Waals surface area contributed by atoms with Gasteiger partial charge in [-0.1, -0.05) is 5.16 Å².